The summed E-state index contributed by atoms with van der Waals surface area (Å²) in [5.41, 5.74) is 1.27. The minimum atomic E-state index is -0.523. The lowest BCUT2D eigenvalue weighted by Crippen LogP contribution is -2.94. The van der Waals surface area contributed by atoms with E-state index in [-0.39, 0.29) is 30.2 Å². The number of benzene rings is 2. The van der Waals surface area contributed by atoms with Crippen LogP contribution in [0.2, 0.25) is 0 Å². The van der Waals surface area contributed by atoms with Crippen LogP contribution in [0.4, 0.5) is 5.69 Å². The van der Waals surface area contributed by atoms with E-state index in [4.69, 9.17) is 0 Å². The smallest absolute Gasteiger partial charge is 0.278 e. The topological polar surface area (TPSA) is 118 Å². The molecule has 8 heteroatoms. The normalized spacial score (nSPS) is 11.4. The number of nitro groups is 1. The first-order chi connectivity index (χ1) is 12.5. The average molecular weight is 357 g/mol. The Bertz CT molecular complexity index is 763. The maximum atomic E-state index is 12.0. The van der Waals surface area contributed by atoms with Crippen LogP contribution in [0.1, 0.15) is 22.8 Å². The van der Waals surface area contributed by atoms with E-state index in [1.165, 1.54) is 24.3 Å². The van der Waals surface area contributed by atoms with Gasteiger partial charge in [0.1, 0.15) is 0 Å². The first-order valence-corrected chi connectivity index (χ1v) is 8.15. The van der Waals surface area contributed by atoms with Gasteiger partial charge in [-0.05, 0) is 24.6 Å². The van der Waals surface area contributed by atoms with Crippen LogP contribution >= 0.6 is 0 Å². The molecule has 0 aliphatic heterocycles. The number of nitrogens with one attached hydrogen (secondary N) is 2. The van der Waals surface area contributed by atoms with E-state index in [9.17, 15) is 19.7 Å². The molecule has 0 aliphatic rings. The number of hydrogen-bond acceptors (Lipinski definition) is 4. The molecule has 2 aromatic rings. The lowest BCUT2D eigenvalue weighted by Gasteiger charge is -2.12. The number of carbonyl (C=O) groups is 2. The summed E-state index contributed by atoms with van der Waals surface area (Å²) in [4.78, 5) is 34.1. The largest absolute Gasteiger partial charge is 0.347 e. The summed E-state index contributed by atoms with van der Waals surface area (Å²) in [5.74, 6) is -0.480. The fourth-order valence-corrected chi connectivity index (χ4v) is 2.22. The van der Waals surface area contributed by atoms with E-state index >= 15 is 0 Å². The zero-order chi connectivity index (χ0) is 18.9. The van der Waals surface area contributed by atoms with Crippen molar-refractivity contribution >= 4 is 17.5 Å². The van der Waals surface area contributed by atoms with E-state index in [1.807, 2.05) is 30.3 Å². The summed E-state index contributed by atoms with van der Waals surface area (Å²) in [5, 5.41) is 17.8. The first-order valence-electron chi connectivity index (χ1n) is 8.15. The summed E-state index contributed by atoms with van der Waals surface area (Å²) in [6.45, 7) is 2.42. The molecule has 0 bridgehead atoms. The second kappa shape index (κ2) is 9.28. The number of non-ortho nitro benzene ring substituents is 1. The van der Waals surface area contributed by atoms with Gasteiger partial charge in [-0.2, -0.15) is 0 Å². The van der Waals surface area contributed by atoms with Crippen LogP contribution in [0, 0.1) is 10.1 Å². The van der Waals surface area contributed by atoms with E-state index in [2.05, 4.69) is 10.6 Å². The Kier molecular flexibility index (Phi) is 6.81. The van der Waals surface area contributed by atoms with Crippen LogP contribution in [0.25, 0.3) is 0 Å². The zero-order valence-corrected chi connectivity index (χ0v) is 14.3. The maximum absolute atomic E-state index is 12.0. The molecule has 4 N–H and O–H groups in total. The summed E-state index contributed by atoms with van der Waals surface area (Å²) in [7, 11) is 0. The first kappa shape index (κ1) is 19.1. The van der Waals surface area contributed by atoms with Crippen molar-refractivity contribution in [2.75, 3.05) is 6.67 Å². The highest BCUT2D eigenvalue weighted by Gasteiger charge is 2.16. The molecular weight excluding hydrogens is 336 g/mol. The van der Waals surface area contributed by atoms with Crippen molar-refractivity contribution in [3.05, 3.63) is 75.8 Å². The van der Waals surface area contributed by atoms with Crippen LogP contribution in [0.15, 0.2) is 54.6 Å². The maximum Gasteiger partial charge on any atom is 0.278 e. The molecule has 0 saturated heterocycles. The molecule has 136 valence electrons. The van der Waals surface area contributed by atoms with Crippen molar-refractivity contribution < 1.29 is 19.8 Å². The third-order valence-corrected chi connectivity index (χ3v) is 3.80. The van der Waals surface area contributed by atoms with Gasteiger partial charge in [0.15, 0.2) is 12.7 Å². The van der Waals surface area contributed by atoms with Crippen LogP contribution in [-0.4, -0.2) is 29.4 Å². The van der Waals surface area contributed by atoms with Crippen molar-refractivity contribution in [3.63, 3.8) is 0 Å². The van der Waals surface area contributed by atoms with Gasteiger partial charge in [-0.25, -0.2) is 0 Å². The number of nitro benzene ring substituents is 1. The van der Waals surface area contributed by atoms with E-state index < -0.39 is 4.92 Å². The third kappa shape index (κ3) is 5.67. The highest BCUT2D eigenvalue weighted by molar-refractivity contribution is 5.94. The fourth-order valence-electron chi connectivity index (χ4n) is 2.22. The van der Waals surface area contributed by atoms with Crippen LogP contribution in [0.3, 0.4) is 0 Å². The molecule has 0 fully saturated rings. The van der Waals surface area contributed by atoms with Gasteiger partial charge in [-0.15, -0.1) is 0 Å². The van der Waals surface area contributed by atoms with Gasteiger partial charge < -0.3 is 16.0 Å². The number of amides is 2. The minimum absolute atomic E-state index is 0.0724. The van der Waals surface area contributed by atoms with Gasteiger partial charge in [0.25, 0.3) is 17.5 Å². The fraction of sp³-hybridized carbons (Fsp3) is 0.222. The zero-order valence-electron chi connectivity index (χ0n) is 14.3. The summed E-state index contributed by atoms with van der Waals surface area (Å²) in [6, 6.07) is 14.6. The van der Waals surface area contributed by atoms with Crippen LogP contribution in [-0.2, 0) is 11.3 Å². The number of hydrogen-bond donors (Lipinski definition) is 3. The van der Waals surface area contributed by atoms with E-state index in [1.54, 1.807) is 12.2 Å². The Morgan fingerprint density at radius 3 is 2.35 bits per heavy atom. The molecule has 0 spiro atoms. The second-order valence-corrected chi connectivity index (χ2v) is 5.74. The van der Waals surface area contributed by atoms with Crippen LogP contribution in [0.5, 0.6) is 0 Å². The molecule has 1 unspecified atom stereocenters. The Hall–Kier alpha value is -3.26. The number of nitrogens with zero attached hydrogens (tertiary/aromatic N) is 1. The Labute approximate surface area is 150 Å². The van der Waals surface area contributed by atoms with Gasteiger partial charge in [-0.3, -0.25) is 19.7 Å². The summed E-state index contributed by atoms with van der Waals surface area (Å²) in [6.07, 6.45) is 0. The van der Waals surface area contributed by atoms with Crippen molar-refractivity contribution in [2.45, 2.75) is 19.5 Å². The standard InChI is InChI=1S/C18H20N4O4/c1-13(17(23)19-11-14-5-3-2-4-6-14)20-12-21-18(24)15-7-9-16(10-8-15)22(25)26/h2-10,13,20H,11-12H2,1H3,(H,19,23)(H,21,24)/p+1. The van der Waals surface area contributed by atoms with Gasteiger partial charge in [-0.1, -0.05) is 30.3 Å². The molecule has 2 rings (SSSR count). The molecular formula is C18H21N4O4+. The Balaban J connectivity index is 1.73. The molecule has 2 amide bonds. The monoisotopic (exact) mass is 357 g/mol. The van der Waals surface area contributed by atoms with Gasteiger partial charge in [0.05, 0.1) is 4.92 Å². The predicted molar refractivity (Wildman–Crippen MR) is 95.1 cm³/mol. The lowest BCUT2D eigenvalue weighted by molar-refractivity contribution is -0.675. The molecule has 0 saturated carbocycles. The molecule has 2 aromatic carbocycles. The number of rotatable bonds is 8. The Morgan fingerprint density at radius 2 is 1.73 bits per heavy atom. The van der Waals surface area contributed by atoms with Gasteiger partial charge in [0.2, 0.25) is 0 Å². The SMILES string of the molecule is CC([NH2+]CNC(=O)c1ccc([N+](=O)[O-])cc1)C(=O)NCc1ccccc1. The highest BCUT2D eigenvalue weighted by Crippen LogP contribution is 2.11. The van der Waals surface area contributed by atoms with E-state index in [0.717, 1.165) is 5.56 Å². The number of nitrogens with two attached hydrogens (primary N) is 1. The predicted octanol–water partition coefficient (Wildman–Crippen LogP) is 0.550. The molecule has 8 nitrogen and oxygen atoms in total. The van der Waals surface area contributed by atoms with E-state index in [0.29, 0.717) is 12.1 Å². The van der Waals surface area contributed by atoms with Gasteiger partial charge >= 0.3 is 0 Å². The van der Waals surface area contributed by atoms with Crippen molar-refractivity contribution in [3.8, 4) is 0 Å². The number of carbonyl (C=O) groups excluding carboxylic acids is 2. The van der Waals surface area contributed by atoms with Gasteiger partial charge in [0, 0.05) is 24.2 Å². The molecule has 1 atom stereocenters. The molecule has 26 heavy (non-hydrogen) atoms. The van der Waals surface area contributed by atoms with Crippen molar-refractivity contribution in [1.29, 1.82) is 0 Å². The molecule has 0 radical (unpaired) electrons. The van der Waals surface area contributed by atoms with Crippen LogP contribution < -0.4 is 16.0 Å². The Morgan fingerprint density at radius 1 is 1.08 bits per heavy atom. The summed E-state index contributed by atoms with van der Waals surface area (Å²) < 4.78 is 0. The molecule has 0 aromatic heterocycles. The second-order valence-electron chi connectivity index (χ2n) is 5.74. The summed E-state index contributed by atoms with van der Waals surface area (Å²) >= 11 is 0. The molecule has 0 aliphatic carbocycles. The third-order valence-electron chi connectivity index (χ3n) is 3.80. The van der Waals surface area contributed by atoms with Crippen molar-refractivity contribution in [1.82, 2.24) is 10.6 Å². The van der Waals surface area contributed by atoms with Crippen molar-refractivity contribution in [2.24, 2.45) is 0 Å². The average Bonchev–Trinajstić information content (AvgIpc) is 2.66. The minimum Gasteiger partial charge on any atom is -0.347 e. The number of quaternary nitrogens is 1. The quantitative estimate of drug-likeness (QED) is 0.363. The molecule has 0 heterocycles. The lowest BCUT2D eigenvalue weighted by atomic mass is 10.2. The highest BCUT2D eigenvalue weighted by atomic mass is 16.6.